The van der Waals surface area contributed by atoms with Gasteiger partial charge in [0.2, 0.25) is 0 Å². The molecule has 6 nitrogen and oxygen atoms in total. The van der Waals surface area contributed by atoms with Crippen LogP contribution in [0.3, 0.4) is 0 Å². The number of aryl methyl sites for hydroxylation is 1. The smallest absolute Gasteiger partial charge is 0.339 e. The average Bonchev–Trinajstić information content (AvgIpc) is 2.86. The Balaban J connectivity index is 2.08. The van der Waals surface area contributed by atoms with Crippen LogP contribution < -0.4 is 10.5 Å². The van der Waals surface area contributed by atoms with Crippen molar-refractivity contribution >= 4 is 12.1 Å². The lowest BCUT2D eigenvalue weighted by molar-refractivity contribution is -0.0560. The fourth-order valence-electron chi connectivity index (χ4n) is 1.81. The van der Waals surface area contributed by atoms with Crippen molar-refractivity contribution in [3.8, 4) is 11.7 Å². The van der Waals surface area contributed by atoms with Crippen LogP contribution in [0.25, 0.3) is 6.08 Å². The lowest BCUT2D eigenvalue weighted by Crippen LogP contribution is -2.38. The second-order valence-corrected chi connectivity index (χ2v) is 4.95. The number of hydroxylamine groups is 2. The predicted octanol–water partition coefficient (Wildman–Crippen LogP) is 3.69. The first kappa shape index (κ1) is 16.6. The summed E-state index contributed by atoms with van der Waals surface area (Å²) in [5, 5.41) is 9.79. The van der Waals surface area contributed by atoms with Crippen LogP contribution >= 0.6 is 0 Å². The van der Waals surface area contributed by atoms with Crippen LogP contribution in [0.2, 0.25) is 0 Å². The van der Waals surface area contributed by atoms with Gasteiger partial charge in [-0.1, -0.05) is 6.08 Å². The second-order valence-electron chi connectivity index (χ2n) is 4.95. The van der Waals surface area contributed by atoms with Crippen molar-refractivity contribution in [1.29, 1.82) is 0 Å². The Morgan fingerprint density at radius 3 is 2.70 bits per heavy atom. The van der Waals surface area contributed by atoms with Gasteiger partial charge in [-0.15, -0.1) is 0 Å². The van der Waals surface area contributed by atoms with Gasteiger partial charge in [-0.05, 0) is 49.8 Å². The molecule has 1 unspecified atom stereocenters. The normalized spacial score (nSPS) is 12.3. The molecule has 1 aromatic heterocycles. The Hall–Kier alpha value is -2.80. The number of nitrogens with zero attached hydrogens (tertiary/aromatic N) is 1. The topological polar surface area (TPSA) is 88.9 Å². The first-order chi connectivity index (χ1) is 10.9. The molecule has 0 radical (unpaired) electrons. The molecule has 1 heterocycles. The van der Waals surface area contributed by atoms with Gasteiger partial charge in [0.1, 0.15) is 17.3 Å². The quantitative estimate of drug-likeness (QED) is 0.649. The van der Waals surface area contributed by atoms with Crippen LogP contribution in [0.1, 0.15) is 18.2 Å². The number of benzene rings is 1. The standard InChI is InChI=1S/C16H17FN2O4/c1-10-9-15(22-13-6-4-12(17)5-7-13)23-14(10)8-3-11(2)19(21)16(18)20/h3-9,11,21H,1-2H3,(H2,18,20)/b8-3+. The Morgan fingerprint density at radius 2 is 2.09 bits per heavy atom. The van der Waals surface area contributed by atoms with E-state index in [2.05, 4.69) is 0 Å². The fraction of sp³-hybridized carbons (Fsp3) is 0.188. The molecule has 0 aliphatic heterocycles. The molecule has 3 N–H and O–H groups in total. The van der Waals surface area contributed by atoms with E-state index in [1.165, 1.54) is 24.3 Å². The Bertz CT molecular complexity index is 709. The zero-order valence-corrected chi connectivity index (χ0v) is 12.7. The summed E-state index contributed by atoms with van der Waals surface area (Å²) in [5.41, 5.74) is 5.77. The molecule has 1 atom stereocenters. The van der Waals surface area contributed by atoms with E-state index < -0.39 is 12.1 Å². The number of halogens is 1. The van der Waals surface area contributed by atoms with Gasteiger partial charge in [-0.3, -0.25) is 5.21 Å². The SMILES string of the molecule is Cc1cc(Oc2ccc(F)cc2)oc1/C=C/C(C)N(O)C(N)=O. The predicted molar refractivity (Wildman–Crippen MR) is 81.6 cm³/mol. The van der Waals surface area contributed by atoms with Crippen LogP contribution in [0.4, 0.5) is 9.18 Å². The lowest BCUT2D eigenvalue weighted by atomic mass is 10.2. The average molecular weight is 320 g/mol. The molecule has 2 aromatic rings. The van der Waals surface area contributed by atoms with E-state index in [0.29, 0.717) is 16.6 Å². The van der Waals surface area contributed by atoms with Crippen molar-refractivity contribution in [2.45, 2.75) is 19.9 Å². The van der Waals surface area contributed by atoms with Gasteiger partial charge < -0.3 is 14.9 Å². The summed E-state index contributed by atoms with van der Waals surface area (Å²) < 4.78 is 23.9. The van der Waals surface area contributed by atoms with Crippen LogP contribution in [0.15, 0.2) is 40.8 Å². The highest BCUT2D eigenvalue weighted by Crippen LogP contribution is 2.27. The molecular formula is C16H17FN2O4. The largest absolute Gasteiger partial charge is 0.426 e. The molecule has 7 heteroatoms. The maximum absolute atomic E-state index is 12.8. The number of ether oxygens (including phenoxy) is 1. The monoisotopic (exact) mass is 320 g/mol. The highest BCUT2D eigenvalue weighted by molar-refractivity contribution is 5.71. The van der Waals surface area contributed by atoms with Crippen LogP contribution in [0, 0.1) is 12.7 Å². The second kappa shape index (κ2) is 6.97. The molecular weight excluding hydrogens is 303 g/mol. The van der Waals surface area contributed by atoms with Crippen LogP contribution in [0.5, 0.6) is 11.7 Å². The highest BCUT2D eigenvalue weighted by Gasteiger charge is 2.13. The summed E-state index contributed by atoms with van der Waals surface area (Å²) in [6.07, 6.45) is 3.15. The van der Waals surface area contributed by atoms with Crippen LogP contribution in [-0.4, -0.2) is 22.3 Å². The molecule has 122 valence electrons. The summed E-state index contributed by atoms with van der Waals surface area (Å²) in [6.45, 7) is 3.41. The number of primary amides is 1. The molecule has 1 aromatic carbocycles. The van der Waals surface area contributed by atoms with Gasteiger partial charge in [0.15, 0.2) is 0 Å². The van der Waals surface area contributed by atoms with Crippen molar-refractivity contribution in [2.75, 3.05) is 0 Å². The summed E-state index contributed by atoms with van der Waals surface area (Å²) in [7, 11) is 0. The lowest BCUT2D eigenvalue weighted by Gasteiger charge is -2.16. The van der Waals surface area contributed by atoms with Gasteiger partial charge in [-0.2, -0.15) is 5.06 Å². The maximum Gasteiger partial charge on any atom is 0.339 e. The first-order valence-electron chi connectivity index (χ1n) is 6.86. The van der Waals surface area contributed by atoms with Gasteiger partial charge >= 0.3 is 6.03 Å². The molecule has 0 spiro atoms. The van der Waals surface area contributed by atoms with Gasteiger partial charge in [0.25, 0.3) is 5.95 Å². The summed E-state index contributed by atoms with van der Waals surface area (Å²) in [6, 6.07) is 5.67. The number of hydrogen-bond donors (Lipinski definition) is 2. The number of urea groups is 1. The summed E-state index contributed by atoms with van der Waals surface area (Å²) in [4.78, 5) is 10.8. The Morgan fingerprint density at radius 1 is 1.43 bits per heavy atom. The molecule has 23 heavy (non-hydrogen) atoms. The van der Waals surface area contributed by atoms with Gasteiger partial charge in [-0.25, -0.2) is 9.18 Å². The summed E-state index contributed by atoms with van der Waals surface area (Å²) >= 11 is 0. The number of carbonyl (C=O) groups excluding carboxylic acids is 1. The number of hydrogen-bond acceptors (Lipinski definition) is 4. The number of furan rings is 1. The molecule has 0 bridgehead atoms. The third-order valence-electron chi connectivity index (χ3n) is 3.10. The maximum atomic E-state index is 12.8. The van der Waals surface area contributed by atoms with Crippen molar-refractivity contribution in [1.82, 2.24) is 5.06 Å². The molecule has 2 amide bonds. The minimum absolute atomic E-state index is 0.247. The van der Waals surface area contributed by atoms with Gasteiger partial charge in [0.05, 0.1) is 6.04 Å². The third kappa shape index (κ3) is 4.33. The summed E-state index contributed by atoms with van der Waals surface area (Å²) in [5.74, 6) is 0.844. The zero-order valence-electron chi connectivity index (χ0n) is 12.7. The fourth-order valence-corrected chi connectivity index (χ4v) is 1.81. The van der Waals surface area contributed by atoms with E-state index in [4.69, 9.17) is 14.9 Å². The number of carbonyl (C=O) groups is 1. The molecule has 0 saturated carbocycles. The minimum atomic E-state index is -0.946. The Kier molecular flexibility index (Phi) is 5.02. The van der Waals surface area contributed by atoms with E-state index in [9.17, 15) is 14.4 Å². The number of nitrogens with two attached hydrogens (primary N) is 1. The van der Waals surface area contributed by atoms with Crippen molar-refractivity contribution in [3.05, 3.63) is 53.5 Å². The van der Waals surface area contributed by atoms with E-state index in [1.54, 1.807) is 25.1 Å². The van der Waals surface area contributed by atoms with Crippen molar-refractivity contribution in [3.63, 3.8) is 0 Å². The highest BCUT2D eigenvalue weighted by atomic mass is 19.1. The van der Waals surface area contributed by atoms with Crippen molar-refractivity contribution < 1.29 is 23.5 Å². The van der Waals surface area contributed by atoms with Gasteiger partial charge in [0, 0.05) is 6.07 Å². The molecule has 0 saturated heterocycles. The molecule has 0 fully saturated rings. The van der Waals surface area contributed by atoms with Crippen LogP contribution in [-0.2, 0) is 0 Å². The van der Waals surface area contributed by atoms with E-state index in [-0.39, 0.29) is 11.8 Å². The Labute approximate surface area is 132 Å². The molecule has 0 aliphatic carbocycles. The number of amides is 2. The van der Waals surface area contributed by atoms with E-state index in [0.717, 1.165) is 5.56 Å². The minimum Gasteiger partial charge on any atom is -0.426 e. The van der Waals surface area contributed by atoms with Crippen molar-refractivity contribution in [2.24, 2.45) is 5.73 Å². The van der Waals surface area contributed by atoms with E-state index >= 15 is 0 Å². The zero-order chi connectivity index (χ0) is 17.0. The van der Waals surface area contributed by atoms with E-state index in [1.807, 2.05) is 6.92 Å². The molecule has 2 rings (SSSR count). The number of rotatable bonds is 5. The third-order valence-corrected chi connectivity index (χ3v) is 3.10. The first-order valence-corrected chi connectivity index (χ1v) is 6.86. The molecule has 0 aliphatic rings.